The van der Waals surface area contributed by atoms with Crippen molar-refractivity contribution in [1.29, 1.82) is 0 Å². The molecule has 33 heavy (non-hydrogen) atoms. The number of hydrogen-bond acceptors (Lipinski definition) is 8. The maximum absolute atomic E-state index is 12.5. The van der Waals surface area contributed by atoms with Gasteiger partial charge < -0.3 is 14.2 Å². The molecule has 3 aromatic rings. The lowest BCUT2D eigenvalue weighted by Crippen LogP contribution is -2.10. The van der Waals surface area contributed by atoms with E-state index in [2.05, 4.69) is 10.3 Å². The normalized spacial score (nSPS) is 11.2. The number of rotatable bonds is 8. The Balaban J connectivity index is 1.75. The molecule has 11 heteroatoms. The molecule has 0 aliphatic rings. The second kappa shape index (κ2) is 9.92. The summed E-state index contributed by atoms with van der Waals surface area (Å²) in [5.74, 6) is -0.490. The summed E-state index contributed by atoms with van der Waals surface area (Å²) >= 11 is 0. The lowest BCUT2D eigenvalue weighted by atomic mass is 10.2. The SMILES string of the molecule is COc1cc(/C=C/C(=O)Nc2ccncc2[N+](=O)[O-])ccc1OS(=O)(=O)c1ccc(C)cc1. The van der Waals surface area contributed by atoms with E-state index >= 15 is 0 Å². The van der Waals surface area contributed by atoms with Crippen molar-refractivity contribution in [1.82, 2.24) is 4.98 Å². The molecule has 0 saturated carbocycles. The quantitative estimate of drug-likeness (QED) is 0.228. The van der Waals surface area contributed by atoms with Crippen LogP contribution >= 0.6 is 0 Å². The zero-order valence-electron chi connectivity index (χ0n) is 17.6. The van der Waals surface area contributed by atoms with E-state index in [4.69, 9.17) is 8.92 Å². The number of aryl methyl sites for hydroxylation is 1. The first kappa shape index (κ1) is 23.4. The summed E-state index contributed by atoms with van der Waals surface area (Å²) in [4.78, 5) is 26.2. The van der Waals surface area contributed by atoms with E-state index in [-0.39, 0.29) is 27.8 Å². The Kier molecular flexibility index (Phi) is 7.04. The number of hydrogen-bond donors (Lipinski definition) is 1. The van der Waals surface area contributed by atoms with Gasteiger partial charge >= 0.3 is 15.8 Å². The van der Waals surface area contributed by atoms with Gasteiger partial charge in [0.1, 0.15) is 16.8 Å². The minimum absolute atomic E-state index is 0.000928. The number of amides is 1. The van der Waals surface area contributed by atoms with Crippen LogP contribution in [0.2, 0.25) is 0 Å². The first-order valence-electron chi connectivity index (χ1n) is 9.46. The van der Waals surface area contributed by atoms with E-state index < -0.39 is 20.9 Å². The molecule has 3 rings (SSSR count). The fraction of sp³-hybridized carbons (Fsp3) is 0.0909. The molecule has 0 saturated heterocycles. The zero-order chi connectivity index (χ0) is 24.0. The average molecular weight is 469 g/mol. The molecule has 170 valence electrons. The molecule has 0 aliphatic heterocycles. The highest BCUT2D eigenvalue weighted by Crippen LogP contribution is 2.31. The number of pyridine rings is 1. The molecule has 10 nitrogen and oxygen atoms in total. The number of methoxy groups -OCH3 is 1. The second-order valence-corrected chi connectivity index (χ2v) is 8.28. The zero-order valence-corrected chi connectivity index (χ0v) is 18.4. The van der Waals surface area contributed by atoms with Crippen LogP contribution in [0.25, 0.3) is 6.08 Å². The van der Waals surface area contributed by atoms with Gasteiger partial charge in [-0.25, -0.2) is 0 Å². The highest BCUT2D eigenvalue weighted by Gasteiger charge is 2.19. The molecule has 1 N–H and O–H groups in total. The summed E-state index contributed by atoms with van der Waals surface area (Å²) in [6, 6.07) is 11.9. The molecule has 1 heterocycles. The van der Waals surface area contributed by atoms with Crippen LogP contribution in [-0.2, 0) is 14.9 Å². The van der Waals surface area contributed by atoms with Crippen molar-refractivity contribution in [2.24, 2.45) is 0 Å². The Hall–Kier alpha value is -4.25. The van der Waals surface area contributed by atoms with Crippen LogP contribution in [-0.4, -0.2) is 31.3 Å². The largest absolute Gasteiger partial charge is 0.493 e. The number of carbonyl (C=O) groups excluding carboxylic acids is 1. The van der Waals surface area contributed by atoms with Crippen molar-refractivity contribution in [2.45, 2.75) is 11.8 Å². The summed E-state index contributed by atoms with van der Waals surface area (Å²) < 4.78 is 35.5. The van der Waals surface area contributed by atoms with Crippen LogP contribution in [0.1, 0.15) is 11.1 Å². The Labute approximate surface area is 189 Å². The standard InChI is InChI=1S/C22H19N3O7S/c1-15-3-7-17(8-4-15)33(29,30)32-20-9-5-16(13-21(20)31-2)6-10-22(26)24-18-11-12-23-14-19(18)25(27)28/h3-14H,1-2H3,(H,23,24,26)/b10-6+. The molecule has 0 fully saturated rings. The summed E-state index contributed by atoms with van der Waals surface area (Å²) in [6.07, 6.45) is 4.96. The second-order valence-electron chi connectivity index (χ2n) is 6.73. The maximum atomic E-state index is 12.5. The van der Waals surface area contributed by atoms with E-state index in [0.717, 1.165) is 11.8 Å². The van der Waals surface area contributed by atoms with Crippen molar-refractivity contribution < 1.29 is 27.1 Å². The van der Waals surface area contributed by atoms with Gasteiger partial charge in [-0.2, -0.15) is 8.42 Å². The fourth-order valence-electron chi connectivity index (χ4n) is 2.71. The third-order valence-electron chi connectivity index (χ3n) is 4.38. The molecule has 2 aromatic carbocycles. The Morgan fingerprint density at radius 1 is 1.12 bits per heavy atom. The Morgan fingerprint density at radius 2 is 1.85 bits per heavy atom. The molecule has 0 aliphatic carbocycles. The lowest BCUT2D eigenvalue weighted by Gasteiger charge is -2.11. The number of aromatic nitrogens is 1. The van der Waals surface area contributed by atoms with Gasteiger partial charge in [0.2, 0.25) is 5.91 Å². The maximum Gasteiger partial charge on any atom is 0.339 e. The number of anilines is 1. The van der Waals surface area contributed by atoms with Crippen molar-refractivity contribution in [3.8, 4) is 11.5 Å². The van der Waals surface area contributed by atoms with Crippen LogP contribution in [0.4, 0.5) is 11.4 Å². The smallest absolute Gasteiger partial charge is 0.339 e. The topological polar surface area (TPSA) is 138 Å². The van der Waals surface area contributed by atoms with E-state index in [1.807, 2.05) is 6.92 Å². The molecular weight excluding hydrogens is 450 g/mol. The predicted molar refractivity (Wildman–Crippen MR) is 121 cm³/mol. The molecule has 0 bridgehead atoms. The summed E-state index contributed by atoms with van der Waals surface area (Å²) in [6.45, 7) is 1.84. The highest BCUT2D eigenvalue weighted by atomic mass is 32.2. The third-order valence-corrected chi connectivity index (χ3v) is 5.63. The third kappa shape index (κ3) is 5.92. The molecule has 0 radical (unpaired) electrons. The first-order chi connectivity index (χ1) is 15.7. The molecule has 1 amide bonds. The van der Waals surface area contributed by atoms with E-state index in [0.29, 0.717) is 5.56 Å². The Morgan fingerprint density at radius 3 is 2.52 bits per heavy atom. The number of nitrogens with one attached hydrogen (secondary N) is 1. The van der Waals surface area contributed by atoms with Crippen molar-refractivity contribution in [2.75, 3.05) is 12.4 Å². The monoisotopic (exact) mass is 469 g/mol. The van der Waals surface area contributed by atoms with Gasteiger partial charge in [-0.1, -0.05) is 23.8 Å². The van der Waals surface area contributed by atoms with Crippen LogP contribution in [0, 0.1) is 17.0 Å². The van der Waals surface area contributed by atoms with Crippen LogP contribution < -0.4 is 14.2 Å². The number of benzene rings is 2. The average Bonchev–Trinajstić information content (AvgIpc) is 2.78. The summed E-state index contributed by atoms with van der Waals surface area (Å²) in [7, 11) is -2.72. The van der Waals surface area contributed by atoms with Gasteiger partial charge in [-0.05, 0) is 48.9 Å². The van der Waals surface area contributed by atoms with Crippen molar-refractivity contribution in [3.05, 3.63) is 88.2 Å². The van der Waals surface area contributed by atoms with Gasteiger partial charge in [-0.15, -0.1) is 0 Å². The number of nitrogens with zero attached hydrogens (tertiary/aromatic N) is 2. The van der Waals surface area contributed by atoms with Crippen LogP contribution in [0.15, 0.2) is 71.9 Å². The van der Waals surface area contributed by atoms with Gasteiger partial charge in [-0.3, -0.25) is 19.9 Å². The molecular formula is C22H19N3O7S. The van der Waals surface area contributed by atoms with Gasteiger partial charge in [0.15, 0.2) is 11.5 Å². The van der Waals surface area contributed by atoms with Crippen LogP contribution in [0.5, 0.6) is 11.5 Å². The molecule has 0 unspecified atom stereocenters. The minimum atomic E-state index is -4.07. The molecule has 0 atom stereocenters. The minimum Gasteiger partial charge on any atom is -0.493 e. The van der Waals surface area contributed by atoms with E-state index in [9.17, 15) is 23.3 Å². The molecule has 1 aromatic heterocycles. The fourth-order valence-corrected chi connectivity index (χ4v) is 3.65. The van der Waals surface area contributed by atoms with Crippen molar-refractivity contribution in [3.63, 3.8) is 0 Å². The summed E-state index contributed by atoms with van der Waals surface area (Å²) in [5, 5.41) is 13.4. The Bertz CT molecular complexity index is 1320. The summed E-state index contributed by atoms with van der Waals surface area (Å²) in [5.41, 5.74) is 1.08. The van der Waals surface area contributed by atoms with Gasteiger partial charge in [0, 0.05) is 12.3 Å². The van der Waals surface area contributed by atoms with E-state index in [1.165, 1.54) is 61.9 Å². The first-order valence-corrected chi connectivity index (χ1v) is 10.9. The lowest BCUT2D eigenvalue weighted by molar-refractivity contribution is -0.384. The van der Waals surface area contributed by atoms with Crippen molar-refractivity contribution >= 4 is 33.5 Å². The molecule has 0 spiro atoms. The van der Waals surface area contributed by atoms with Gasteiger partial charge in [0.05, 0.1) is 12.0 Å². The highest BCUT2D eigenvalue weighted by molar-refractivity contribution is 7.87. The number of nitro groups is 1. The predicted octanol–water partition coefficient (Wildman–Crippen LogP) is 3.73. The van der Waals surface area contributed by atoms with Crippen LogP contribution in [0.3, 0.4) is 0 Å². The van der Waals surface area contributed by atoms with E-state index in [1.54, 1.807) is 12.1 Å². The van der Waals surface area contributed by atoms with Gasteiger partial charge in [0.25, 0.3) is 0 Å². The number of ether oxygens (including phenoxy) is 1. The number of carbonyl (C=O) groups is 1.